The van der Waals surface area contributed by atoms with Crippen LogP contribution < -0.4 is 14.2 Å². The van der Waals surface area contributed by atoms with Crippen LogP contribution in [-0.4, -0.2) is 38.3 Å². The minimum absolute atomic E-state index is 0.117. The van der Waals surface area contributed by atoms with Crippen LogP contribution in [0.25, 0.3) is 11.1 Å². The Hall–Kier alpha value is -3.12. The van der Waals surface area contributed by atoms with Crippen molar-refractivity contribution in [2.75, 3.05) is 32.3 Å². The Bertz CT molecular complexity index is 1270. The summed E-state index contributed by atoms with van der Waals surface area (Å²) in [6.07, 6.45) is 7.64. The molecule has 0 spiro atoms. The molecule has 3 aromatic carbocycles. The first-order chi connectivity index (χ1) is 18.6. The highest BCUT2D eigenvalue weighted by atomic mass is 32.2. The van der Waals surface area contributed by atoms with Crippen molar-refractivity contribution >= 4 is 17.7 Å². The average molecular weight is 533 g/mol. The van der Waals surface area contributed by atoms with Gasteiger partial charge in [-0.25, -0.2) is 0 Å². The summed E-state index contributed by atoms with van der Waals surface area (Å²) in [5.41, 5.74) is 7.53. The molecule has 0 saturated heterocycles. The summed E-state index contributed by atoms with van der Waals surface area (Å²) in [4.78, 5) is 11.8. The van der Waals surface area contributed by atoms with E-state index in [4.69, 9.17) is 18.9 Å². The quantitative estimate of drug-likeness (QED) is 0.207. The number of fused-ring (bicyclic) bond motifs is 4. The standard InChI is InChI=1S/C32H36O5S/c1-34-32(33)19-25-13-15-36-31-20-27(10-12-29(25)31)37-21-22-7-8-23-5-3-6-24-18-26(35-14-4-16-38-2)9-11-28(24)30(23)17-22/h7-12,17-18,20,25H,3-6,13-16,19,21H2,1-2H3. The van der Waals surface area contributed by atoms with E-state index < -0.39 is 0 Å². The molecule has 0 aromatic heterocycles. The van der Waals surface area contributed by atoms with E-state index in [1.807, 2.05) is 30.0 Å². The minimum atomic E-state index is -0.192. The van der Waals surface area contributed by atoms with E-state index in [0.717, 1.165) is 72.8 Å². The minimum Gasteiger partial charge on any atom is -0.494 e. The average Bonchev–Trinajstić information content (AvgIpc) is 3.12. The fourth-order valence-electron chi connectivity index (χ4n) is 5.37. The first-order valence-electron chi connectivity index (χ1n) is 13.5. The van der Waals surface area contributed by atoms with Crippen LogP contribution in [0.15, 0.2) is 54.6 Å². The summed E-state index contributed by atoms with van der Waals surface area (Å²) in [6.45, 7) is 1.83. The van der Waals surface area contributed by atoms with Crippen LogP contribution in [0.5, 0.6) is 17.2 Å². The van der Waals surface area contributed by atoms with Gasteiger partial charge in [-0.1, -0.05) is 24.3 Å². The number of rotatable bonds is 10. The normalized spacial score (nSPS) is 15.8. The Kier molecular flexibility index (Phi) is 8.79. The molecule has 0 fully saturated rings. The SMILES string of the molecule is COC(=O)CC1CCOc2cc(OCc3ccc4c(c3)-c3ccc(OCCCSC)cc3CCC4)ccc21. The lowest BCUT2D eigenvalue weighted by Crippen LogP contribution is -2.17. The van der Waals surface area contributed by atoms with Crippen molar-refractivity contribution in [1.29, 1.82) is 0 Å². The van der Waals surface area contributed by atoms with Crippen LogP contribution in [0.4, 0.5) is 0 Å². The molecule has 3 aromatic rings. The fourth-order valence-corrected chi connectivity index (χ4v) is 5.78. The number of thioether (sulfide) groups is 1. The van der Waals surface area contributed by atoms with E-state index in [0.29, 0.717) is 19.6 Å². The van der Waals surface area contributed by atoms with Crippen molar-refractivity contribution in [3.05, 3.63) is 76.9 Å². The van der Waals surface area contributed by atoms with Crippen LogP contribution in [-0.2, 0) is 29.0 Å². The molecule has 1 aliphatic carbocycles. The number of hydrogen-bond donors (Lipinski definition) is 0. The molecule has 0 N–H and O–H groups in total. The predicted octanol–water partition coefficient (Wildman–Crippen LogP) is 6.98. The molecule has 5 nitrogen and oxygen atoms in total. The number of carbonyl (C=O) groups is 1. The number of ether oxygens (including phenoxy) is 4. The molecule has 0 saturated carbocycles. The summed E-state index contributed by atoms with van der Waals surface area (Å²) in [5, 5.41) is 0. The van der Waals surface area contributed by atoms with Crippen LogP contribution in [0.3, 0.4) is 0 Å². The van der Waals surface area contributed by atoms with Crippen molar-refractivity contribution in [3.8, 4) is 28.4 Å². The van der Waals surface area contributed by atoms with E-state index in [1.54, 1.807) is 0 Å². The summed E-state index contributed by atoms with van der Waals surface area (Å²) in [7, 11) is 1.43. The lowest BCUT2D eigenvalue weighted by molar-refractivity contribution is -0.141. The van der Waals surface area contributed by atoms with Crippen molar-refractivity contribution < 1.29 is 23.7 Å². The van der Waals surface area contributed by atoms with E-state index in [9.17, 15) is 4.79 Å². The van der Waals surface area contributed by atoms with E-state index in [2.05, 4.69) is 42.7 Å². The molecular weight excluding hydrogens is 496 g/mol. The van der Waals surface area contributed by atoms with Gasteiger partial charge in [0.1, 0.15) is 23.9 Å². The van der Waals surface area contributed by atoms with Crippen molar-refractivity contribution in [3.63, 3.8) is 0 Å². The van der Waals surface area contributed by atoms with Crippen LogP contribution >= 0.6 is 11.8 Å². The number of esters is 1. The molecule has 1 aliphatic heterocycles. The van der Waals surface area contributed by atoms with Gasteiger partial charge in [-0.15, -0.1) is 0 Å². The number of methoxy groups -OCH3 is 1. The maximum absolute atomic E-state index is 11.8. The second-order valence-corrected chi connectivity index (χ2v) is 10.9. The molecule has 1 heterocycles. The second-order valence-electron chi connectivity index (χ2n) is 9.96. The Balaban J connectivity index is 1.29. The molecule has 200 valence electrons. The third-order valence-electron chi connectivity index (χ3n) is 7.39. The zero-order valence-corrected chi connectivity index (χ0v) is 23.1. The molecule has 1 unspecified atom stereocenters. The zero-order chi connectivity index (χ0) is 26.3. The van der Waals surface area contributed by atoms with Crippen LogP contribution in [0, 0.1) is 0 Å². The summed E-state index contributed by atoms with van der Waals surface area (Å²) < 4.78 is 23.0. The van der Waals surface area contributed by atoms with Gasteiger partial charge < -0.3 is 18.9 Å². The van der Waals surface area contributed by atoms with Gasteiger partial charge in [-0.2, -0.15) is 11.8 Å². The largest absolute Gasteiger partial charge is 0.494 e. The molecule has 0 amide bonds. The van der Waals surface area contributed by atoms with Gasteiger partial charge >= 0.3 is 5.97 Å². The smallest absolute Gasteiger partial charge is 0.306 e. The van der Waals surface area contributed by atoms with Gasteiger partial charge in [-0.05, 0) is 102 Å². The van der Waals surface area contributed by atoms with Gasteiger partial charge in [0.05, 0.1) is 26.7 Å². The van der Waals surface area contributed by atoms with Gasteiger partial charge in [0.15, 0.2) is 0 Å². The van der Waals surface area contributed by atoms with Crippen LogP contribution in [0.1, 0.15) is 53.9 Å². The number of benzene rings is 3. The topological polar surface area (TPSA) is 54.0 Å². The van der Waals surface area contributed by atoms with Gasteiger partial charge in [0.2, 0.25) is 0 Å². The lowest BCUT2D eigenvalue weighted by atomic mass is 9.90. The molecule has 6 heteroatoms. The molecule has 0 radical (unpaired) electrons. The van der Waals surface area contributed by atoms with Crippen molar-refractivity contribution in [2.45, 2.75) is 51.0 Å². The third-order valence-corrected chi connectivity index (χ3v) is 8.09. The summed E-state index contributed by atoms with van der Waals surface area (Å²) in [5.74, 6) is 3.58. The van der Waals surface area contributed by atoms with Gasteiger partial charge in [-0.3, -0.25) is 4.79 Å². The molecule has 5 rings (SSSR count). The highest BCUT2D eigenvalue weighted by molar-refractivity contribution is 7.98. The Morgan fingerprint density at radius 3 is 2.68 bits per heavy atom. The molecule has 1 atom stereocenters. The molecule has 38 heavy (non-hydrogen) atoms. The second kappa shape index (κ2) is 12.6. The predicted molar refractivity (Wildman–Crippen MR) is 153 cm³/mol. The number of carbonyl (C=O) groups excluding carboxylic acids is 1. The first kappa shape index (κ1) is 26.5. The van der Waals surface area contributed by atoms with Gasteiger partial charge in [0, 0.05) is 12.0 Å². The number of aryl methyl sites for hydroxylation is 2. The zero-order valence-electron chi connectivity index (χ0n) is 22.3. The maximum Gasteiger partial charge on any atom is 0.306 e. The van der Waals surface area contributed by atoms with E-state index in [-0.39, 0.29) is 11.9 Å². The lowest BCUT2D eigenvalue weighted by Gasteiger charge is -2.25. The highest BCUT2D eigenvalue weighted by Gasteiger charge is 2.25. The molecule has 0 bridgehead atoms. The van der Waals surface area contributed by atoms with Crippen molar-refractivity contribution in [2.24, 2.45) is 0 Å². The Labute approximate surface area is 229 Å². The first-order valence-corrected chi connectivity index (χ1v) is 14.9. The van der Waals surface area contributed by atoms with Crippen LogP contribution in [0.2, 0.25) is 0 Å². The number of hydrogen-bond acceptors (Lipinski definition) is 6. The molecule has 2 aliphatic rings. The highest BCUT2D eigenvalue weighted by Crippen LogP contribution is 2.39. The van der Waals surface area contributed by atoms with E-state index >= 15 is 0 Å². The van der Waals surface area contributed by atoms with Gasteiger partial charge in [0.25, 0.3) is 0 Å². The Morgan fingerprint density at radius 1 is 0.974 bits per heavy atom. The third kappa shape index (κ3) is 6.29. The van der Waals surface area contributed by atoms with Crippen molar-refractivity contribution in [1.82, 2.24) is 0 Å². The summed E-state index contributed by atoms with van der Waals surface area (Å²) in [6, 6.07) is 19.2. The maximum atomic E-state index is 11.8. The van der Waals surface area contributed by atoms with E-state index in [1.165, 1.54) is 29.4 Å². The fraction of sp³-hybridized carbons (Fsp3) is 0.406. The Morgan fingerprint density at radius 2 is 1.82 bits per heavy atom. The molecular formula is C32H36O5S. The summed E-state index contributed by atoms with van der Waals surface area (Å²) >= 11 is 1.86. The monoisotopic (exact) mass is 532 g/mol.